The first-order chi connectivity index (χ1) is 8.65. The van der Waals surface area contributed by atoms with Gasteiger partial charge in [-0.3, -0.25) is 4.79 Å². The SMILES string of the molecule is CN(C)c1cccc(C(=O)NCCCCC#N)c1. The lowest BCUT2D eigenvalue weighted by atomic mass is 10.1. The zero-order valence-electron chi connectivity index (χ0n) is 10.9. The van der Waals surface area contributed by atoms with Crippen molar-refractivity contribution in [1.29, 1.82) is 5.26 Å². The topological polar surface area (TPSA) is 56.1 Å². The summed E-state index contributed by atoms with van der Waals surface area (Å²) in [5.41, 5.74) is 1.67. The summed E-state index contributed by atoms with van der Waals surface area (Å²) in [5, 5.41) is 11.3. The summed E-state index contributed by atoms with van der Waals surface area (Å²) in [6.07, 6.45) is 2.22. The van der Waals surface area contributed by atoms with Crippen molar-refractivity contribution in [2.75, 3.05) is 25.5 Å². The Balaban J connectivity index is 2.46. The van der Waals surface area contributed by atoms with E-state index in [9.17, 15) is 4.79 Å². The maximum absolute atomic E-state index is 11.9. The van der Waals surface area contributed by atoms with Crippen molar-refractivity contribution in [2.24, 2.45) is 0 Å². The monoisotopic (exact) mass is 245 g/mol. The number of anilines is 1. The van der Waals surface area contributed by atoms with Gasteiger partial charge in [0.1, 0.15) is 0 Å². The van der Waals surface area contributed by atoms with Crippen molar-refractivity contribution in [3.05, 3.63) is 29.8 Å². The third-order valence-electron chi connectivity index (χ3n) is 2.63. The third-order valence-corrected chi connectivity index (χ3v) is 2.63. The molecule has 1 amide bonds. The number of carbonyl (C=O) groups excluding carboxylic acids is 1. The molecule has 0 heterocycles. The molecule has 0 unspecified atom stereocenters. The first kappa shape index (κ1) is 14.0. The van der Waals surface area contributed by atoms with Gasteiger partial charge in [-0.1, -0.05) is 6.07 Å². The number of nitrogens with zero attached hydrogens (tertiary/aromatic N) is 2. The van der Waals surface area contributed by atoms with Crippen LogP contribution in [0.25, 0.3) is 0 Å². The summed E-state index contributed by atoms with van der Waals surface area (Å²) in [5.74, 6) is -0.0596. The number of carbonyl (C=O) groups is 1. The largest absolute Gasteiger partial charge is 0.378 e. The maximum atomic E-state index is 11.9. The Morgan fingerprint density at radius 3 is 2.83 bits per heavy atom. The highest BCUT2D eigenvalue weighted by Crippen LogP contribution is 2.13. The van der Waals surface area contributed by atoms with E-state index in [0.717, 1.165) is 18.5 Å². The van der Waals surface area contributed by atoms with Gasteiger partial charge in [-0.05, 0) is 31.0 Å². The summed E-state index contributed by atoms with van der Waals surface area (Å²) in [6, 6.07) is 9.60. The molecule has 0 aliphatic heterocycles. The van der Waals surface area contributed by atoms with Crippen LogP contribution in [0, 0.1) is 11.3 Å². The Kier molecular flexibility index (Phi) is 5.72. The highest BCUT2D eigenvalue weighted by molar-refractivity contribution is 5.95. The van der Waals surface area contributed by atoms with Gasteiger partial charge in [0.2, 0.25) is 0 Å². The van der Waals surface area contributed by atoms with Crippen LogP contribution >= 0.6 is 0 Å². The lowest BCUT2D eigenvalue weighted by molar-refractivity contribution is 0.0953. The first-order valence-corrected chi connectivity index (χ1v) is 6.07. The van der Waals surface area contributed by atoms with E-state index < -0.39 is 0 Å². The molecule has 0 atom stereocenters. The van der Waals surface area contributed by atoms with E-state index in [4.69, 9.17) is 5.26 Å². The average Bonchev–Trinajstić information content (AvgIpc) is 2.38. The molecule has 0 fully saturated rings. The van der Waals surface area contributed by atoms with Crippen LogP contribution in [0.3, 0.4) is 0 Å². The van der Waals surface area contributed by atoms with Crippen molar-refractivity contribution < 1.29 is 4.79 Å². The molecular weight excluding hydrogens is 226 g/mol. The van der Waals surface area contributed by atoms with Crippen molar-refractivity contribution in [3.8, 4) is 6.07 Å². The first-order valence-electron chi connectivity index (χ1n) is 6.07. The summed E-state index contributed by atoms with van der Waals surface area (Å²) in [6.45, 7) is 0.618. The Hall–Kier alpha value is -2.02. The number of unbranched alkanes of at least 4 members (excludes halogenated alkanes) is 2. The Morgan fingerprint density at radius 1 is 1.39 bits per heavy atom. The average molecular weight is 245 g/mol. The highest BCUT2D eigenvalue weighted by Gasteiger charge is 2.05. The quantitative estimate of drug-likeness (QED) is 0.781. The van der Waals surface area contributed by atoms with E-state index >= 15 is 0 Å². The highest BCUT2D eigenvalue weighted by atomic mass is 16.1. The van der Waals surface area contributed by atoms with Crippen molar-refractivity contribution in [2.45, 2.75) is 19.3 Å². The molecule has 0 radical (unpaired) electrons. The van der Waals surface area contributed by atoms with E-state index in [0.29, 0.717) is 18.5 Å². The van der Waals surface area contributed by atoms with E-state index in [1.807, 2.05) is 37.2 Å². The molecule has 1 rings (SSSR count). The molecule has 18 heavy (non-hydrogen) atoms. The predicted molar refractivity (Wildman–Crippen MR) is 72.6 cm³/mol. The molecule has 0 aromatic heterocycles. The van der Waals surface area contributed by atoms with Crippen LogP contribution < -0.4 is 10.2 Å². The maximum Gasteiger partial charge on any atom is 0.251 e. The van der Waals surface area contributed by atoms with Gasteiger partial charge in [-0.15, -0.1) is 0 Å². The second-order valence-electron chi connectivity index (χ2n) is 4.32. The van der Waals surface area contributed by atoms with Crippen molar-refractivity contribution in [3.63, 3.8) is 0 Å². The molecule has 0 aliphatic rings. The van der Waals surface area contributed by atoms with Gasteiger partial charge in [0.25, 0.3) is 5.91 Å². The predicted octanol–water partition coefficient (Wildman–Crippen LogP) is 2.18. The number of nitriles is 1. The number of benzene rings is 1. The summed E-state index contributed by atoms with van der Waals surface area (Å²) < 4.78 is 0. The van der Waals surface area contributed by atoms with Gasteiger partial charge < -0.3 is 10.2 Å². The minimum Gasteiger partial charge on any atom is -0.378 e. The summed E-state index contributed by atoms with van der Waals surface area (Å²) in [7, 11) is 3.89. The van der Waals surface area contributed by atoms with E-state index in [1.54, 1.807) is 6.07 Å². The van der Waals surface area contributed by atoms with Gasteiger partial charge in [-0.2, -0.15) is 5.26 Å². The van der Waals surface area contributed by atoms with E-state index in [1.165, 1.54) is 0 Å². The zero-order valence-corrected chi connectivity index (χ0v) is 10.9. The molecule has 0 saturated heterocycles. The van der Waals surface area contributed by atoms with Gasteiger partial charge in [0, 0.05) is 38.3 Å². The zero-order chi connectivity index (χ0) is 13.4. The van der Waals surface area contributed by atoms with Gasteiger partial charge >= 0.3 is 0 Å². The van der Waals surface area contributed by atoms with Crippen LogP contribution in [-0.4, -0.2) is 26.5 Å². The summed E-state index contributed by atoms with van der Waals surface area (Å²) >= 11 is 0. The number of hydrogen-bond acceptors (Lipinski definition) is 3. The fourth-order valence-electron chi connectivity index (χ4n) is 1.56. The van der Waals surface area contributed by atoms with Crippen LogP contribution in [0.1, 0.15) is 29.6 Å². The minimum atomic E-state index is -0.0596. The number of nitrogens with one attached hydrogen (secondary N) is 1. The molecule has 1 aromatic rings. The molecule has 1 aromatic carbocycles. The Morgan fingerprint density at radius 2 is 2.17 bits per heavy atom. The molecule has 0 spiro atoms. The Bertz CT molecular complexity index is 435. The van der Waals surface area contributed by atoms with Crippen LogP contribution in [0.5, 0.6) is 0 Å². The second kappa shape index (κ2) is 7.33. The third kappa shape index (κ3) is 4.46. The standard InChI is InChI=1S/C14H19N3O/c1-17(2)13-8-6-7-12(11-13)14(18)16-10-5-3-4-9-15/h6-8,11H,3-5,10H2,1-2H3,(H,16,18). The van der Waals surface area contributed by atoms with E-state index in [2.05, 4.69) is 11.4 Å². The molecule has 0 bridgehead atoms. The lowest BCUT2D eigenvalue weighted by Crippen LogP contribution is -2.24. The lowest BCUT2D eigenvalue weighted by Gasteiger charge is -2.13. The minimum absolute atomic E-state index is 0.0596. The number of hydrogen-bond donors (Lipinski definition) is 1. The molecule has 4 heteroatoms. The Labute approximate surface area is 108 Å². The smallest absolute Gasteiger partial charge is 0.251 e. The normalized spacial score (nSPS) is 9.61. The molecular formula is C14H19N3O. The van der Waals surface area contributed by atoms with Crippen LogP contribution in [0.2, 0.25) is 0 Å². The molecule has 96 valence electrons. The van der Waals surface area contributed by atoms with Crippen molar-refractivity contribution >= 4 is 11.6 Å². The number of amides is 1. The second-order valence-corrected chi connectivity index (χ2v) is 4.32. The molecule has 4 nitrogen and oxygen atoms in total. The van der Waals surface area contributed by atoms with Crippen molar-refractivity contribution in [1.82, 2.24) is 5.32 Å². The van der Waals surface area contributed by atoms with Crippen LogP contribution in [0.4, 0.5) is 5.69 Å². The van der Waals surface area contributed by atoms with Gasteiger partial charge in [0.15, 0.2) is 0 Å². The number of rotatable bonds is 6. The summed E-state index contributed by atoms with van der Waals surface area (Å²) in [4.78, 5) is 13.8. The molecule has 0 saturated carbocycles. The fourth-order valence-corrected chi connectivity index (χ4v) is 1.56. The molecule has 1 N–H and O–H groups in total. The fraction of sp³-hybridized carbons (Fsp3) is 0.429. The van der Waals surface area contributed by atoms with Crippen LogP contribution in [-0.2, 0) is 0 Å². The van der Waals surface area contributed by atoms with Gasteiger partial charge in [-0.25, -0.2) is 0 Å². The molecule has 0 aliphatic carbocycles. The van der Waals surface area contributed by atoms with Crippen LogP contribution in [0.15, 0.2) is 24.3 Å². The van der Waals surface area contributed by atoms with Gasteiger partial charge in [0.05, 0.1) is 6.07 Å². The van der Waals surface area contributed by atoms with E-state index in [-0.39, 0.29) is 5.91 Å².